The van der Waals surface area contributed by atoms with Crippen molar-refractivity contribution >= 4 is 23.7 Å². The first-order chi connectivity index (χ1) is 14.8. The molecule has 2 aliphatic heterocycles. The van der Waals surface area contributed by atoms with E-state index in [0.29, 0.717) is 38.8 Å². The quantitative estimate of drug-likeness (QED) is 0.274. The second kappa shape index (κ2) is 12.0. The maximum Gasteiger partial charge on any atom is 0.326 e. The Labute approximate surface area is 183 Å². The zero-order valence-electron chi connectivity index (χ0n) is 18.6. The molecular weight excluding hydrogens is 402 g/mol. The Morgan fingerprint density at radius 2 is 1.87 bits per heavy atom. The van der Waals surface area contributed by atoms with Crippen LogP contribution in [0, 0.1) is 5.92 Å². The molecule has 176 valence electrons. The van der Waals surface area contributed by atoms with Crippen LogP contribution in [0.15, 0.2) is 0 Å². The number of nitrogens with two attached hydrogens (primary N) is 1. The molecule has 0 aromatic heterocycles. The third-order valence-corrected chi connectivity index (χ3v) is 6.01. The first kappa shape index (κ1) is 25.1. The predicted octanol–water partition coefficient (Wildman–Crippen LogP) is -0.431. The molecule has 0 aromatic carbocycles. The highest BCUT2D eigenvalue weighted by Crippen LogP contribution is 2.21. The van der Waals surface area contributed by atoms with Crippen molar-refractivity contribution in [3.8, 4) is 0 Å². The molecule has 2 aliphatic rings. The van der Waals surface area contributed by atoms with Gasteiger partial charge in [0.1, 0.15) is 18.1 Å². The summed E-state index contributed by atoms with van der Waals surface area (Å²) in [5.74, 6) is -2.38. The van der Waals surface area contributed by atoms with Crippen LogP contribution < -0.4 is 21.7 Å². The monoisotopic (exact) mass is 439 g/mol. The molecule has 2 saturated heterocycles. The summed E-state index contributed by atoms with van der Waals surface area (Å²) in [7, 11) is 0. The van der Waals surface area contributed by atoms with Gasteiger partial charge in [0.25, 0.3) is 0 Å². The van der Waals surface area contributed by atoms with Gasteiger partial charge in [0, 0.05) is 6.54 Å². The van der Waals surface area contributed by atoms with Crippen molar-refractivity contribution in [2.45, 2.75) is 83.0 Å². The Kier molecular flexibility index (Phi) is 9.70. The summed E-state index contributed by atoms with van der Waals surface area (Å²) in [6, 6.07) is -2.78. The van der Waals surface area contributed by atoms with Crippen molar-refractivity contribution < 1.29 is 24.3 Å². The molecule has 2 rings (SSSR count). The molecular formula is C21H37N5O5. The Morgan fingerprint density at radius 3 is 2.45 bits per heavy atom. The van der Waals surface area contributed by atoms with Gasteiger partial charge in [-0.25, -0.2) is 4.79 Å². The van der Waals surface area contributed by atoms with Crippen molar-refractivity contribution in [1.29, 1.82) is 0 Å². The predicted molar refractivity (Wildman–Crippen MR) is 115 cm³/mol. The summed E-state index contributed by atoms with van der Waals surface area (Å²) >= 11 is 0. The molecule has 0 bridgehead atoms. The highest BCUT2D eigenvalue weighted by atomic mass is 16.4. The second-order valence-corrected chi connectivity index (χ2v) is 8.75. The number of aliphatic carboxylic acids is 1. The minimum Gasteiger partial charge on any atom is -0.480 e. The van der Waals surface area contributed by atoms with Gasteiger partial charge in [0.05, 0.1) is 6.04 Å². The first-order valence-electron chi connectivity index (χ1n) is 11.3. The van der Waals surface area contributed by atoms with Crippen LogP contribution in [-0.2, 0) is 19.2 Å². The molecule has 0 aromatic rings. The number of amides is 3. The summed E-state index contributed by atoms with van der Waals surface area (Å²) in [5, 5.41) is 17.9. The number of likely N-dealkylation sites (tertiary alicyclic amines) is 1. The molecule has 10 nitrogen and oxygen atoms in total. The summed E-state index contributed by atoms with van der Waals surface area (Å²) in [6.07, 6.45) is 4.64. The SMILES string of the molecule is CC(C)C(NC(=O)C(CCCCN)NC(=O)C1CCCN1C(=O)C1CCCN1)C(=O)O. The minimum absolute atomic E-state index is 0.0648. The van der Waals surface area contributed by atoms with E-state index in [0.717, 1.165) is 25.8 Å². The lowest BCUT2D eigenvalue weighted by molar-refractivity contribution is -0.144. The third-order valence-electron chi connectivity index (χ3n) is 6.01. The Bertz CT molecular complexity index is 650. The topological polar surface area (TPSA) is 154 Å². The van der Waals surface area contributed by atoms with Gasteiger partial charge in [0.2, 0.25) is 17.7 Å². The summed E-state index contributed by atoms with van der Waals surface area (Å²) in [5.41, 5.74) is 5.55. The number of nitrogens with one attached hydrogen (secondary N) is 3. The number of hydrogen-bond donors (Lipinski definition) is 5. The molecule has 4 unspecified atom stereocenters. The van der Waals surface area contributed by atoms with E-state index in [1.54, 1.807) is 18.7 Å². The number of unbranched alkanes of at least 4 members (excludes halogenated alkanes) is 1. The van der Waals surface area contributed by atoms with Crippen molar-refractivity contribution in [3.63, 3.8) is 0 Å². The smallest absolute Gasteiger partial charge is 0.326 e. The van der Waals surface area contributed by atoms with Crippen LogP contribution in [0.2, 0.25) is 0 Å². The highest BCUT2D eigenvalue weighted by molar-refractivity contribution is 5.94. The van der Waals surface area contributed by atoms with Crippen LogP contribution in [0.3, 0.4) is 0 Å². The fourth-order valence-electron chi connectivity index (χ4n) is 4.20. The zero-order valence-corrected chi connectivity index (χ0v) is 18.6. The van der Waals surface area contributed by atoms with E-state index in [1.807, 2.05) is 0 Å². The molecule has 0 saturated carbocycles. The van der Waals surface area contributed by atoms with E-state index < -0.39 is 30.0 Å². The number of carboxylic acid groups (broad SMARTS) is 1. The molecule has 3 amide bonds. The average Bonchev–Trinajstić information content (AvgIpc) is 3.42. The van der Waals surface area contributed by atoms with Crippen LogP contribution in [0.25, 0.3) is 0 Å². The second-order valence-electron chi connectivity index (χ2n) is 8.75. The van der Waals surface area contributed by atoms with Gasteiger partial charge >= 0.3 is 5.97 Å². The lowest BCUT2D eigenvalue weighted by Crippen LogP contribution is -2.57. The molecule has 0 aliphatic carbocycles. The van der Waals surface area contributed by atoms with Gasteiger partial charge in [0.15, 0.2) is 0 Å². The number of carbonyl (C=O) groups is 4. The summed E-state index contributed by atoms with van der Waals surface area (Å²) in [4.78, 5) is 51.7. The number of carboxylic acids is 1. The standard InChI is InChI=1S/C21H37N5O5/c1-13(2)17(21(30)31)25-18(27)14(7-3-4-10-22)24-19(28)16-9-6-12-26(16)20(29)15-8-5-11-23-15/h13-17,23H,3-12,22H2,1-2H3,(H,24,28)(H,25,27)(H,30,31). The van der Waals surface area contributed by atoms with Crippen LogP contribution in [0.4, 0.5) is 0 Å². The molecule has 2 heterocycles. The van der Waals surface area contributed by atoms with Gasteiger partial charge in [-0.15, -0.1) is 0 Å². The van der Waals surface area contributed by atoms with E-state index >= 15 is 0 Å². The molecule has 10 heteroatoms. The Balaban J connectivity index is 2.05. The Morgan fingerprint density at radius 1 is 1.13 bits per heavy atom. The first-order valence-corrected chi connectivity index (χ1v) is 11.3. The molecule has 4 atom stereocenters. The molecule has 6 N–H and O–H groups in total. The third kappa shape index (κ3) is 6.90. The van der Waals surface area contributed by atoms with E-state index in [2.05, 4.69) is 16.0 Å². The van der Waals surface area contributed by atoms with E-state index in [-0.39, 0.29) is 23.8 Å². The van der Waals surface area contributed by atoms with Gasteiger partial charge in [-0.2, -0.15) is 0 Å². The maximum atomic E-state index is 13.0. The van der Waals surface area contributed by atoms with Crippen molar-refractivity contribution in [1.82, 2.24) is 20.9 Å². The fraction of sp³-hybridized carbons (Fsp3) is 0.810. The normalized spacial score (nSPS) is 22.9. The maximum absolute atomic E-state index is 13.0. The van der Waals surface area contributed by atoms with Crippen LogP contribution in [-0.4, -0.2) is 77.5 Å². The summed E-state index contributed by atoms with van der Waals surface area (Å²) in [6.45, 7) is 5.20. The summed E-state index contributed by atoms with van der Waals surface area (Å²) < 4.78 is 0. The lowest BCUT2D eigenvalue weighted by Gasteiger charge is -2.29. The average molecular weight is 440 g/mol. The van der Waals surface area contributed by atoms with Gasteiger partial charge in [-0.1, -0.05) is 13.8 Å². The van der Waals surface area contributed by atoms with Crippen molar-refractivity contribution in [2.75, 3.05) is 19.6 Å². The molecule has 0 radical (unpaired) electrons. The number of hydrogen-bond acceptors (Lipinski definition) is 6. The molecule has 0 spiro atoms. The largest absolute Gasteiger partial charge is 0.480 e. The van der Waals surface area contributed by atoms with E-state index in [4.69, 9.17) is 5.73 Å². The van der Waals surface area contributed by atoms with Crippen LogP contribution in [0.5, 0.6) is 0 Å². The number of nitrogens with zero attached hydrogens (tertiary/aromatic N) is 1. The Hall–Kier alpha value is -2.20. The molecule has 31 heavy (non-hydrogen) atoms. The van der Waals surface area contributed by atoms with Crippen molar-refractivity contribution in [3.05, 3.63) is 0 Å². The van der Waals surface area contributed by atoms with Gasteiger partial charge in [-0.05, 0) is 64.0 Å². The number of rotatable bonds is 11. The highest BCUT2D eigenvalue weighted by Gasteiger charge is 2.39. The van der Waals surface area contributed by atoms with Gasteiger partial charge in [-0.3, -0.25) is 14.4 Å². The van der Waals surface area contributed by atoms with Crippen LogP contribution in [0.1, 0.15) is 58.8 Å². The van der Waals surface area contributed by atoms with E-state index in [9.17, 15) is 24.3 Å². The zero-order chi connectivity index (χ0) is 23.0. The fourth-order valence-corrected chi connectivity index (χ4v) is 4.20. The van der Waals surface area contributed by atoms with E-state index in [1.165, 1.54) is 0 Å². The van der Waals surface area contributed by atoms with Crippen molar-refractivity contribution in [2.24, 2.45) is 11.7 Å². The van der Waals surface area contributed by atoms with Crippen LogP contribution >= 0.6 is 0 Å². The lowest BCUT2D eigenvalue weighted by atomic mass is 10.0. The molecule has 2 fully saturated rings. The van der Waals surface area contributed by atoms with Gasteiger partial charge < -0.3 is 31.7 Å². The minimum atomic E-state index is -1.12. The number of carbonyl (C=O) groups excluding carboxylic acids is 3.